The van der Waals surface area contributed by atoms with Gasteiger partial charge in [0.25, 0.3) is 5.91 Å². The van der Waals surface area contributed by atoms with Crippen molar-refractivity contribution in [2.24, 2.45) is 7.05 Å². The fraction of sp³-hybridized carbons (Fsp3) is 0.435. The highest BCUT2D eigenvalue weighted by molar-refractivity contribution is 6.31. The van der Waals surface area contributed by atoms with Crippen molar-refractivity contribution in [3.05, 3.63) is 52.6 Å². The fourth-order valence-electron chi connectivity index (χ4n) is 3.75. The van der Waals surface area contributed by atoms with Crippen LogP contribution in [0.25, 0.3) is 0 Å². The number of phenolic OH excluding ortho intramolecular Hbond substituents is 1. The predicted molar refractivity (Wildman–Crippen MR) is 125 cm³/mol. The maximum atomic E-state index is 12.8. The number of carbonyl (C=O) groups excluding carboxylic acids is 2. The molecule has 0 bridgehead atoms. The molecule has 9 heteroatoms. The van der Waals surface area contributed by atoms with Crippen LogP contribution in [0.15, 0.2) is 24.8 Å². The first-order chi connectivity index (χ1) is 14.9. The van der Waals surface area contributed by atoms with E-state index < -0.39 is 0 Å². The molecule has 0 unspecified atom stereocenters. The van der Waals surface area contributed by atoms with Gasteiger partial charge in [-0.25, -0.2) is 4.98 Å². The molecule has 2 heterocycles. The van der Waals surface area contributed by atoms with Crippen molar-refractivity contribution in [1.29, 1.82) is 0 Å². The third-order valence-electron chi connectivity index (χ3n) is 5.61. The first kappa shape index (κ1) is 23.7. The number of aryl methyl sites for hydroxylation is 1. The summed E-state index contributed by atoms with van der Waals surface area (Å²) < 4.78 is 1.74. The Kier molecular flexibility index (Phi) is 6.55. The first-order valence-electron chi connectivity index (χ1n) is 10.4. The molecule has 1 aromatic heterocycles. The van der Waals surface area contributed by atoms with Gasteiger partial charge in [-0.15, -0.1) is 0 Å². The van der Waals surface area contributed by atoms with E-state index in [-0.39, 0.29) is 29.0 Å². The van der Waals surface area contributed by atoms with Crippen LogP contribution in [0.1, 0.15) is 48.3 Å². The maximum Gasteiger partial charge on any atom is 0.270 e. The minimum absolute atomic E-state index is 0.0514. The van der Waals surface area contributed by atoms with Gasteiger partial charge in [-0.2, -0.15) is 0 Å². The maximum absolute atomic E-state index is 12.8. The summed E-state index contributed by atoms with van der Waals surface area (Å²) in [7, 11) is 1.78. The number of phenols is 1. The van der Waals surface area contributed by atoms with Gasteiger partial charge >= 0.3 is 0 Å². The lowest BCUT2D eigenvalue weighted by Gasteiger charge is -2.38. The summed E-state index contributed by atoms with van der Waals surface area (Å²) in [6.45, 7) is 12.7. The molecule has 0 spiro atoms. The third kappa shape index (κ3) is 4.75. The SMILES string of the molecule is C=CC(=O)N1CC(NC(=O)c2c(C)nc(CNc3cc(C(C)(C)C)c(Cl)cc3O)n2C)C1. The van der Waals surface area contributed by atoms with E-state index in [2.05, 4.69) is 43.0 Å². The number of rotatable bonds is 6. The van der Waals surface area contributed by atoms with Gasteiger partial charge in [0.2, 0.25) is 5.91 Å². The second-order valence-corrected chi connectivity index (χ2v) is 9.50. The molecule has 1 fully saturated rings. The van der Waals surface area contributed by atoms with E-state index in [0.29, 0.717) is 47.6 Å². The molecule has 3 rings (SSSR count). The molecule has 1 aliphatic rings. The molecule has 0 saturated carbocycles. The van der Waals surface area contributed by atoms with E-state index in [0.717, 1.165) is 5.56 Å². The number of nitrogens with one attached hydrogen (secondary N) is 2. The molecular weight excluding hydrogens is 430 g/mol. The average Bonchev–Trinajstić information content (AvgIpc) is 2.95. The lowest BCUT2D eigenvalue weighted by molar-refractivity contribution is -0.130. The van der Waals surface area contributed by atoms with Crippen molar-refractivity contribution in [1.82, 2.24) is 19.8 Å². The second kappa shape index (κ2) is 8.86. The Balaban J connectivity index is 1.70. The number of amides is 2. The summed E-state index contributed by atoms with van der Waals surface area (Å²) in [5.41, 5.74) is 2.36. The number of carbonyl (C=O) groups is 2. The minimum Gasteiger partial charge on any atom is -0.506 e. The number of aromatic hydroxyl groups is 1. The van der Waals surface area contributed by atoms with Crippen LogP contribution < -0.4 is 10.6 Å². The first-order valence-corrected chi connectivity index (χ1v) is 10.8. The van der Waals surface area contributed by atoms with Crippen LogP contribution in [0.2, 0.25) is 5.02 Å². The zero-order valence-electron chi connectivity index (χ0n) is 19.1. The average molecular weight is 460 g/mol. The molecule has 32 heavy (non-hydrogen) atoms. The van der Waals surface area contributed by atoms with Gasteiger partial charge < -0.3 is 25.2 Å². The van der Waals surface area contributed by atoms with Crippen LogP contribution in [0.5, 0.6) is 5.75 Å². The van der Waals surface area contributed by atoms with Gasteiger partial charge in [0.1, 0.15) is 17.3 Å². The minimum atomic E-state index is -0.233. The number of nitrogens with zero attached hydrogens (tertiary/aromatic N) is 3. The van der Waals surface area contributed by atoms with E-state index in [1.165, 1.54) is 12.1 Å². The van der Waals surface area contributed by atoms with E-state index in [1.807, 2.05) is 6.07 Å². The molecule has 2 amide bonds. The highest BCUT2D eigenvalue weighted by atomic mass is 35.5. The van der Waals surface area contributed by atoms with Crippen LogP contribution in [-0.4, -0.2) is 50.5 Å². The number of imidazole rings is 1. The Morgan fingerprint density at radius 3 is 2.59 bits per heavy atom. The van der Waals surface area contributed by atoms with Gasteiger partial charge in [-0.1, -0.05) is 39.0 Å². The van der Waals surface area contributed by atoms with Gasteiger partial charge in [-0.05, 0) is 30.0 Å². The zero-order chi connectivity index (χ0) is 23.8. The predicted octanol–water partition coefficient (Wildman–Crippen LogP) is 3.12. The largest absolute Gasteiger partial charge is 0.506 e. The number of benzene rings is 1. The van der Waals surface area contributed by atoms with Crippen molar-refractivity contribution in [3.8, 4) is 5.75 Å². The normalized spacial score (nSPS) is 14.1. The van der Waals surface area contributed by atoms with Crippen molar-refractivity contribution in [2.75, 3.05) is 18.4 Å². The summed E-state index contributed by atoms with van der Waals surface area (Å²) in [4.78, 5) is 30.5. The molecule has 1 aliphatic heterocycles. The Morgan fingerprint density at radius 1 is 1.34 bits per heavy atom. The summed E-state index contributed by atoms with van der Waals surface area (Å²) in [6.07, 6.45) is 1.27. The summed E-state index contributed by atoms with van der Waals surface area (Å²) in [6, 6.07) is 3.28. The van der Waals surface area contributed by atoms with E-state index in [9.17, 15) is 14.7 Å². The zero-order valence-corrected chi connectivity index (χ0v) is 19.9. The van der Waals surface area contributed by atoms with Crippen LogP contribution >= 0.6 is 11.6 Å². The molecular formula is C23H30ClN5O3. The number of anilines is 1. The van der Waals surface area contributed by atoms with Crippen LogP contribution in [0, 0.1) is 6.92 Å². The van der Waals surface area contributed by atoms with E-state index in [4.69, 9.17) is 11.6 Å². The molecule has 2 aromatic rings. The van der Waals surface area contributed by atoms with Crippen molar-refractivity contribution >= 4 is 29.1 Å². The molecule has 0 radical (unpaired) electrons. The number of likely N-dealkylation sites (tertiary alicyclic amines) is 1. The van der Waals surface area contributed by atoms with Crippen LogP contribution in [-0.2, 0) is 23.8 Å². The molecule has 8 nitrogen and oxygen atoms in total. The number of hydrogen-bond donors (Lipinski definition) is 3. The molecule has 1 aromatic carbocycles. The Morgan fingerprint density at radius 2 is 2.00 bits per heavy atom. The highest BCUT2D eigenvalue weighted by Crippen LogP contribution is 2.37. The molecule has 172 valence electrons. The molecule has 0 atom stereocenters. The monoisotopic (exact) mass is 459 g/mol. The highest BCUT2D eigenvalue weighted by Gasteiger charge is 2.32. The summed E-state index contributed by atoms with van der Waals surface area (Å²) in [5.74, 6) is 0.330. The summed E-state index contributed by atoms with van der Waals surface area (Å²) >= 11 is 6.31. The van der Waals surface area contributed by atoms with E-state index >= 15 is 0 Å². The third-order valence-corrected chi connectivity index (χ3v) is 5.92. The van der Waals surface area contributed by atoms with Crippen molar-refractivity contribution in [2.45, 2.75) is 45.7 Å². The van der Waals surface area contributed by atoms with Crippen molar-refractivity contribution in [3.63, 3.8) is 0 Å². The Bertz CT molecular complexity index is 1060. The van der Waals surface area contributed by atoms with Crippen LogP contribution in [0.3, 0.4) is 0 Å². The summed E-state index contributed by atoms with van der Waals surface area (Å²) in [5, 5.41) is 17.0. The van der Waals surface area contributed by atoms with Gasteiger partial charge in [0, 0.05) is 31.2 Å². The van der Waals surface area contributed by atoms with Gasteiger partial charge in [0.15, 0.2) is 0 Å². The second-order valence-electron chi connectivity index (χ2n) is 9.09. The Hall–Kier alpha value is -3.00. The number of aromatic nitrogens is 2. The van der Waals surface area contributed by atoms with Crippen molar-refractivity contribution < 1.29 is 14.7 Å². The van der Waals surface area contributed by atoms with E-state index in [1.54, 1.807) is 23.4 Å². The van der Waals surface area contributed by atoms with Crippen LogP contribution in [0.4, 0.5) is 5.69 Å². The molecule has 0 aliphatic carbocycles. The molecule has 3 N–H and O–H groups in total. The fourth-order valence-corrected chi connectivity index (χ4v) is 4.20. The smallest absolute Gasteiger partial charge is 0.270 e. The topological polar surface area (TPSA) is 99.5 Å². The number of halogens is 1. The Labute approximate surface area is 193 Å². The lowest BCUT2D eigenvalue weighted by Crippen LogP contribution is -2.60. The molecule has 1 saturated heterocycles. The lowest BCUT2D eigenvalue weighted by atomic mass is 9.86. The quantitative estimate of drug-likeness (QED) is 0.455. The number of hydrogen-bond acceptors (Lipinski definition) is 5. The van der Waals surface area contributed by atoms with Gasteiger partial charge in [0.05, 0.1) is 24.0 Å². The van der Waals surface area contributed by atoms with Gasteiger partial charge in [-0.3, -0.25) is 9.59 Å². The standard InChI is InChI=1S/C23H30ClN5O3/c1-7-20(31)29-11-14(12-29)27-22(32)21-13(2)26-19(28(21)6)10-25-17-8-15(23(3,4)5)16(24)9-18(17)30/h7-9,14,25,30H,1,10-12H2,2-6H3,(H,27,32).